The fourth-order valence-electron chi connectivity index (χ4n) is 3.94. The lowest BCUT2D eigenvalue weighted by atomic mass is 9.71. The second-order valence-corrected chi connectivity index (χ2v) is 10.4. The Morgan fingerprint density at radius 2 is 2.00 bits per heavy atom. The minimum atomic E-state index is -0.142. The molecule has 0 aromatic carbocycles. The number of pyridine rings is 1. The van der Waals surface area contributed by atoms with Crippen LogP contribution in [0, 0.1) is 11.3 Å². The zero-order valence-corrected chi connectivity index (χ0v) is 21.7. The molecular formula is C25H40N2O4S. The number of ether oxygens (including phenoxy) is 1. The highest BCUT2D eigenvalue weighted by Gasteiger charge is 2.29. The van der Waals surface area contributed by atoms with E-state index < -0.39 is 0 Å². The number of likely N-dealkylation sites (N-methyl/N-ethyl adjacent to an activating group) is 1. The molecule has 1 aliphatic carbocycles. The van der Waals surface area contributed by atoms with Crippen LogP contribution in [0.2, 0.25) is 0 Å². The highest BCUT2D eigenvalue weighted by Crippen LogP contribution is 2.38. The van der Waals surface area contributed by atoms with Crippen LogP contribution in [0.1, 0.15) is 67.9 Å². The zero-order chi connectivity index (χ0) is 24.5. The molecule has 3 rings (SSSR count). The predicted octanol–water partition coefficient (Wildman–Crippen LogP) is 4.76. The molecule has 180 valence electrons. The Morgan fingerprint density at radius 3 is 2.50 bits per heavy atom. The van der Waals surface area contributed by atoms with E-state index in [9.17, 15) is 9.59 Å². The maximum atomic E-state index is 11.1. The van der Waals surface area contributed by atoms with Crippen LogP contribution < -0.4 is 0 Å². The number of aryl methyl sites for hydroxylation is 1. The van der Waals surface area contributed by atoms with Crippen molar-refractivity contribution < 1.29 is 19.4 Å². The smallest absolute Gasteiger partial charge is 0.323 e. The molecule has 0 fully saturated rings. The normalized spacial score (nSPS) is 16.2. The Bertz CT molecular complexity index is 871. The summed E-state index contributed by atoms with van der Waals surface area (Å²) in [6.07, 6.45) is 6.19. The molecule has 2 aromatic rings. The summed E-state index contributed by atoms with van der Waals surface area (Å²) in [4.78, 5) is 30.4. The highest BCUT2D eigenvalue weighted by atomic mass is 32.1. The maximum absolute atomic E-state index is 11.1. The molecule has 1 N–H and O–H groups in total. The van der Waals surface area contributed by atoms with Crippen LogP contribution in [0.15, 0.2) is 12.1 Å². The van der Waals surface area contributed by atoms with Crippen molar-refractivity contribution in [1.29, 1.82) is 0 Å². The number of hydrogen-bond donors (Lipinski definition) is 1. The summed E-state index contributed by atoms with van der Waals surface area (Å²) in [6, 6.07) is 4.13. The van der Waals surface area contributed by atoms with Crippen LogP contribution in [0.5, 0.6) is 0 Å². The number of esters is 1. The summed E-state index contributed by atoms with van der Waals surface area (Å²) in [6.45, 7) is 9.02. The molecule has 2 unspecified atom stereocenters. The van der Waals surface area contributed by atoms with E-state index in [-0.39, 0.29) is 12.0 Å². The maximum Gasteiger partial charge on any atom is 0.323 e. The number of thiophene rings is 1. The number of aliphatic hydroxyl groups is 1. The standard InChI is InChI=1S/C16H19NOS.C8H17NO2.CH4O/c1-16(2,3)12-4-5-14-10(7-12)6-11-8-13(9-18)19-15(11)17-14;1-5-6-7(9(2)3)8(10)11-4;1-2/h6,8-9,12H,4-5,7H2,1-3H3;7H,5-6H2,1-4H3;2H,1H3. The lowest BCUT2D eigenvalue weighted by Crippen LogP contribution is -2.36. The van der Waals surface area contributed by atoms with Crippen molar-refractivity contribution >= 4 is 33.8 Å². The number of fused-ring (bicyclic) bond motifs is 2. The van der Waals surface area contributed by atoms with Gasteiger partial charge in [0, 0.05) is 18.2 Å². The molecule has 32 heavy (non-hydrogen) atoms. The molecule has 0 saturated carbocycles. The van der Waals surface area contributed by atoms with E-state index in [4.69, 9.17) is 10.1 Å². The first-order valence-corrected chi connectivity index (χ1v) is 12.0. The first kappa shape index (κ1) is 28.2. The second kappa shape index (κ2) is 13.0. The number of aldehydes is 1. The number of methoxy groups -OCH3 is 1. The van der Waals surface area contributed by atoms with Gasteiger partial charge in [0.1, 0.15) is 10.9 Å². The van der Waals surface area contributed by atoms with Gasteiger partial charge in [0.15, 0.2) is 6.29 Å². The topological polar surface area (TPSA) is 79.7 Å². The second-order valence-electron chi connectivity index (χ2n) is 9.35. The van der Waals surface area contributed by atoms with E-state index in [2.05, 4.69) is 38.5 Å². The summed E-state index contributed by atoms with van der Waals surface area (Å²) < 4.78 is 4.65. The predicted molar refractivity (Wildman–Crippen MR) is 133 cm³/mol. The Labute approximate surface area is 197 Å². The molecule has 2 aromatic heterocycles. The van der Waals surface area contributed by atoms with Gasteiger partial charge in [-0.1, -0.05) is 34.1 Å². The molecule has 0 radical (unpaired) electrons. The van der Waals surface area contributed by atoms with Crippen LogP contribution in [-0.2, 0) is 22.4 Å². The molecule has 1 aliphatic rings. The molecule has 0 aliphatic heterocycles. The molecule has 0 amide bonds. The van der Waals surface area contributed by atoms with E-state index >= 15 is 0 Å². The Morgan fingerprint density at radius 1 is 1.34 bits per heavy atom. The number of aromatic nitrogens is 1. The minimum Gasteiger partial charge on any atom is -0.468 e. The summed E-state index contributed by atoms with van der Waals surface area (Å²) in [5.74, 6) is 0.584. The van der Waals surface area contributed by atoms with Crippen LogP contribution in [-0.4, -0.2) is 61.6 Å². The average molecular weight is 465 g/mol. The van der Waals surface area contributed by atoms with Gasteiger partial charge in [0.25, 0.3) is 0 Å². The van der Waals surface area contributed by atoms with Crippen molar-refractivity contribution in [3.63, 3.8) is 0 Å². The summed E-state index contributed by atoms with van der Waals surface area (Å²) in [7, 11) is 6.20. The SMILES string of the molecule is CC(C)(C)C1CCc2nc3sc(C=O)cc3cc2C1.CCCC(C(=O)OC)N(C)C.CO. The van der Waals surface area contributed by atoms with Gasteiger partial charge >= 0.3 is 5.97 Å². The third kappa shape index (κ3) is 7.64. The summed E-state index contributed by atoms with van der Waals surface area (Å²) >= 11 is 1.50. The summed E-state index contributed by atoms with van der Waals surface area (Å²) in [5, 5.41) is 8.13. The largest absolute Gasteiger partial charge is 0.468 e. The van der Waals surface area contributed by atoms with Crippen molar-refractivity contribution in [2.45, 2.75) is 65.8 Å². The fourth-order valence-corrected chi connectivity index (χ4v) is 4.79. The van der Waals surface area contributed by atoms with E-state index in [1.807, 2.05) is 25.1 Å². The molecule has 0 bridgehead atoms. The van der Waals surface area contributed by atoms with E-state index in [0.717, 1.165) is 60.1 Å². The summed E-state index contributed by atoms with van der Waals surface area (Å²) in [5.41, 5.74) is 2.98. The van der Waals surface area contributed by atoms with E-state index in [1.54, 1.807) is 0 Å². The lowest BCUT2D eigenvalue weighted by Gasteiger charge is -2.34. The monoisotopic (exact) mass is 464 g/mol. The molecule has 7 heteroatoms. The number of nitrogens with zero attached hydrogens (tertiary/aromatic N) is 2. The third-order valence-electron chi connectivity index (χ3n) is 5.89. The van der Waals surface area contributed by atoms with Gasteiger partial charge in [-0.2, -0.15) is 0 Å². The van der Waals surface area contributed by atoms with Crippen LogP contribution in [0.25, 0.3) is 10.2 Å². The van der Waals surface area contributed by atoms with Gasteiger partial charge in [-0.05, 0) is 68.8 Å². The molecule has 0 saturated heterocycles. The van der Waals surface area contributed by atoms with E-state index in [1.165, 1.54) is 36.1 Å². The Balaban J connectivity index is 0.000000340. The number of hydrogen-bond acceptors (Lipinski definition) is 7. The Hall–Kier alpha value is -1.83. The quantitative estimate of drug-likeness (QED) is 0.508. The molecular weight excluding hydrogens is 424 g/mol. The van der Waals surface area contributed by atoms with Gasteiger partial charge in [0.2, 0.25) is 0 Å². The van der Waals surface area contributed by atoms with Crippen molar-refractivity contribution in [3.8, 4) is 0 Å². The van der Waals surface area contributed by atoms with Crippen LogP contribution >= 0.6 is 11.3 Å². The number of carbonyl (C=O) groups excluding carboxylic acids is 2. The average Bonchev–Trinajstić information content (AvgIpc) is 3.17. The van der Waals surface area contributed by atoms with Crippen molar-refractivity contribution in [1.82, 2.24) is 9.88 Å². The Kier molecular flexibility index (Phi) is 11.5. The highest BCUT2D eigenvalue weighted by molar-refractivity contribution is 7.20. The first-order chi connectivity index (χ1) is 15.1. The van der Waals surface area contributed by atoms with Crippen molar-refractivity contribution in [2.24, 2.45) is 11.3 Å². The number of aliphatic hydroxyl groups excluding tert-OH is 1. The van der Waals surface area contributed by atoms with E-state index in [0.29, 0.717) is 5.41 Å². The molecule has 2 atom stereocenters. The van der Waals surface area contributed by atoms with Gasteiger partial charge in [-0.25, -0.2) is 4.98 Å². The molecule has 6 nitrogen and oxygen atoms in total. The lowest BCUT2D eigenvalue weighted by molar-refractivity contribution is -0.146. The zero-order valence-electron chi connectivity index (χ0n) is 20.9. The molecule has 2 heterocycles. The fraction of sp³-hybridized carbons (Fsp3) is 0.640. The van der Waals surface area contributed by atoms with Gasteiger partial charge in [-0.3, -0.25) is 14.5 Å². The third-order valence-corrected chi connectivity index (χ3v) is 6.86. The van der Waals surface area contributed by atoms with Gasteiger partial charge < -0.3 is 9.84 Å². The van der Waals surface area contributed by atoms with Crippen LogP contribution in [0.3, 0.4) is 0 Å². The van der Waals surface area contributed by atoms with Crippen LogP contribution in [0.4, 0.5) is 0 Å². The van der Waals surface area contributed by atoms with Gasteiger partial charge in [0.05, 0.1) is 12.0 Å². The molecule has 0 spiro atoms. The van der Waals surface area contributed by atoms with Crippen molar-refractivity contribution in [3.05, 3.63) is 28.3 Å². The minimum absolute atomic E-state index is 0.0787. The number of carbonyl (C=O) groups is 2. The first-order valence-electron chi connectivity index (χ1n) is 11.2. The van der Waals surface area contributed by atoms with Crippen molar-refractivity contribution in [2.75, 3.05) is 28.3 Å². The van der Waals surface area contributed by atoms with Gasteiger partial charge in [-0.15, -0.1) is 11.3 Å². The number of rotatable bonds is 5.